The molecule has 0 aromatic carbocycles. The van der Waals surface area contributed by atoms with Gasteiger partial charge in [-0.3, -0.25) is 18.3 Å². The van der Waals surface area contributed by atoms with Crippen molar-refractivity contribution < 1.29 is 57.4 Å². The molecule has 8 N–H and O–H groups in total. The van der Waals surface area contributed by atoms with Gasteiger partial charge in [-0.1, -0.05) is 0 Å². The van der Waals surface area contributed by atoms with E-state index >= 15 is 0 Å². The van der Waals surface area contributed by atoms with Crippen LogP contribution < -0.4 is 0 Å². The Kier molecular flexibility index (Phi) is 14.6. The summed E-state index contributed by atoms with van der Waals surface area (Å²) in [7, 11) is -17.1. The fourth-order valence-electron chi connectivity index (χ4n) is 3.56. The smallest absolute Gasteiger partial charge is 0.324 e. The SMILES string of the molecule is O=P(O)(O)CCN1CCN(CCP(=O)(O)O)CCN(CCP(=O)(O)O)CCN(CCP(=O)(O)O)CC1. The van der Waals surface area contributed by atoms with Crippen LogP contribution in [-0.2, 0) is 18.3 Å². The van der Waals surface area contributed by atoms with Crippen molar-refractivity contribution >= 4 is 30.4 Å². The number of hydrogen-bond acceptors (Lipinski definition) is 8. The van der Waals surface area contributed by atoms with Crippen molar-refractivity contribution in [3.63, 3.8) is 0 Å². The van der Waals surface area contributed by atoms with Crippen molar-refractivity contribution in [3.05, 3.63) is 0 Å². The maximum Gasteiger partial charge on any atom is 0.326 e. The predicted molar refractivity (Wildman–Crippen MR) is 133 cm³/mol. The van der Waals surface area contributed by atoms with E-state index in [4.69, 9.17) is 0 Å². The average Bonchev–Trinajstić information content (AvgIpc) is 2.68. The topological polar surface area (TPSA) is 243 Å². The summed E-state index contributed by atoms with van der Waals surface area (Å²) in [5.74, 6) is 0. The number of hydrogen-bond donors (Lipinski definition) is 8. The second-order valence-electron chi connectivity index (χ2n) is 8.92. The van der Waals surface area contributed by atoms with Crippen LogP contribution in [0.1, 0.15) is 0 Å². The Balaban J connectivity index is 3.03. The fraction of sp³-hybridized carbons (Fsp3) is 1.00. The van der Waals surface area contributed by atoms with Gasteiger partial charge >= 0.3 is 30.4 Å². The normalized spacial score (nSPS) is 20.2. The van der Waals surface area contributed by atoms with E-state index in [1.165, 1.54) is 0 Å². The average molecular weight is 604 g/mol. The molecule has 1 heterocycles. The molecule has 0 spiro atoms. The van der Waals surface area contributed by atoms with E-state index in [0.29, 0.717) is 52.4 Å². The summed E-state index contributed by atoms with van der Waals surface area (Å²) in [4.78, 5) is 81.4. The highest BCUT2D eigenvalue weighted by Gasteiger charge is 2.23. The summed E-state index contributed by atoms with van der Waals surface area (Å²) < 4.78 is 45.5. The van der Waals surface area contributed by atoms with Crippen LogP contribution in [0, 0.1) is 0 Å². The Morgan fingerprint density at radius 1 is 0.361 bits per heavy atom. The first kappa shape index (κ1) is 34.5. The molecule has 36 heavy (non-hydrogen) atoms. The third-order valence-electron chi connectivity index (χ3n) is 5.76. The summed E-state index contributed by atoms with van der Waals surface area (Å²) in [5, 5.41) is 0. The van der Waals surface area contributed by atoms with Crippen molar-refractivity contribution in [2.45, 2.75) is 0 Å². The molecule has 0 bridgehead atoms. The first-order chi connectivity index (χ1) is 16.3. The Morgan fingerprint density at radius 2 is 0.500 bits per heavy atom. The van der Waals surface area contributed by atoms with Crippen LogP contribution in [0.5, 0.6) is 0 Å². The summed E-state index contributed by atoms with van der Waals surface area (Å²) in [6.45, 7) is 2.90. The molecule has 0 amide bonds. The quantitative estimate of drug-likeness (QED) is 0.111. The molecule has 1 fully saturated rings. The molecule has 0 aromatic heterocycles. The Morgan fingerprint density at radius 3 is 0.611 bits per heavy atom. The van der Waals surface area contributed by atoms with E-state index in [9.17, 15) is 57.4 Å². The van der Waals surface area contributed by atoms with Crippen molar-refractivity contribution in [3.8, 4) is 0 Å². The predicted octanol–water partition coefficient (Wildman–Crippen LogP) is -2.08. The molecule has 20 heteroatoms. The van der Waals surface area contributed by atoms with Gasteiger partial charge in [0.15, 0.2) is 0 Å². The van der Waals surface area contributed by atoms with E-state index in [1.807, 2.05) is 0 Å². The lowest BCUT2D eigenvalue weighted by Crippen LogP contribution is -2.47. The first-order valence-electron chi connectivity index (χ1n) is 11.4. The lowest BCUT2D eigenvalue weighted by molar-refractivity contribution is 0.141. The lowest BCUT2D eigenvalue weighted by atomic mass is 10.3. The summed E-state index contributed by atoms with van der Waals surface area (Å²) >= 11 is 0. The molecule has 0 aliphatic carbocycles. The summed E-state index contributed by atoms with van der Waals surface area (Å²) in [6, 6.07) is 0. The number of nitrogens with zero attached hydrogens (tertiary/aromatic N) is 4. The van der Waals surface area contributed by atoms with E-state index in [1.54, 1.807) is 19.6 Å². The molecule has 0 unspecified atom stereocenters. The standard InChI is InChI=1S/C16H40N4O12P4/c21-33(22,23)13-9-17-1-2-18(10-14-34(24,25)26)5-6-20(12-16-36(30,31)32)8-7-19(4-3-17)11-15-35(27,28)29/h1-16H2,(H2,21,22,23)(H2,24,25,26)(H2,27,28,29)(H2,30,31,32). The minimum Gasteiger partial charge on any atom is -0.324 e. The monoisotopic (exact) mass is 604 g/mol. The van der Waals surface area contributed by atoms with Crippen LogP contribution >= 0.6 is 30.4 Å². The van der Waals surface area contributed by atoms with Gasteiger partial charge in [0, 0.05) is 78.5 Å². The Labute approximate surface area is 210 Å². The minimum atomic E-state index is -4.27. The Bertz CT molecular complexity index is 691. The highest BCUT2D eigenvalue weighted by Crippen LogP contribution is 2.35. The summed E-state index contributed by atoms with van der Waals surface area (Å²) in [5.41, 5.74) is 0. The van der Waals surface area contributed by atoms with Gasteiger partial charge in [0.2, 0.25) is 0 Å². The Hall–Kier alpha value is 0.440. The van der Waals surface area contributed by atoms with Gasteiger partial charge < -0.3 is 58.7 Å². The van der Waals surface area contributed by atoms with E-state index in [-0.39, 0.29) is 50.8 Å². The molecular formula is C16H40N4O12P4. The zero-order chi connectivity index (χ0) is 27.6. The van der Waals surface area contributed by atoms with Gasteiger partial charge in [-0.05, 0) is 0 Å². The molecule has 1 rings (SSSR count). The maximum atomic E-state index is 11.4. The van der Waals surface area contributed by atoms with Gasteiger partial charge in [-0.15, -0.1) is 0 Å². The van der Waals surface area contributed by atoms with E-state index < -0.39 is 30.4 Å². The zero-order valence-corrected chi connectivity index (χ0v) is 23.7. The van der Waals surface area contributed by atoms with Crippen LogP contribution in [0.2, 0.25) is 0 Å². The van der Waals surface area contributed by atoms with Gasteiger partial charge in [0.25, 0.3) is 0 Å². The van der Waals surface area contributed by atoms with Gasteiger partial charge in [-0.25, -0.2) is 0 Å². The van der Waals surface area contributed by atoms with Gasteiger partial charge in [0.05, 0.1) is 24.6 Å². The van der Waals surface area contributed by atoms with Crippen LogP contribution in [-0.4, -0.2) is 162 Å². The third kappa shape index (κ3) is 19.5. The van der Waals surface area contributed by atoms with Crippen LogP contribution in [0.15, 0.2) is 0 Å². The minimum absolute atomic E-state index is 0.0668. The van der Waals surface area contributed by atoms with Gasteiger partial charge in [-0.2, -0.15) is 0 Å². The molecule has 0 radical (unpaired) electrons. The molecule has 0 aromatic rings. The highest BCUT2D eigenvalue weighted by molar-refractivity contribution is 7.52. The molecule has 1 aliphatic rings. The zero-order valence-electron chi connectivity index (χ0n) is 20.1. The molecular weight excluding hydrogens is 564 g/mol. The van der Waals surface area contributed by atoms with E-state index in [2.05, 4.69) is 0 Å². The van der Waals surface area contributed by atoms with Crippen LogP contribution in [0.3, 0.4) is 0 Å². The molecule has 1 aliphatic heterocycles. The third-order valence-corrected chi connectivity index (χ3v) is 8.89. The second-order valence-corrected chi connectivity index (χ2v) is 16.0. The van der Waals surface area contributed by atoms with Crippen LogP contribution in [0.25, 0.3) is 0 Å². The highest BCUT2D eigenvalue weighted by atomic mass is 31.2. The summed E-state index contributed by atoms with van der Waals surface area (Å²) in [6.07, 6.45) is -1.52. The van der Waals surface area contributed by atoms with Crippen molar-refractivity contribution in [1.82, 2.24) is 19.6 Å². The van der Waals surface area contributed by atoms with Gasteiger partial charge in [0.1, 0.15) is 0 Å². The first-order valence-corrected chi connectivity index (χ1v) is 18.6. The van der Waals surface area contributed by atoms with Crippen molar-refractivity contribution in [1.29, 1.82) is 0 Å². The van der Waals surface area contributed by atoms with Crippen molar-refractivity contribution in [2.75, 3.05) is 103 Å². The second kappa shape index (κ2) is 15.3. The molecule has 1 saturated heterocycles. The largest absolute Gasteiger partial charge is 0.326 e. The fourth-order valence-corrected chi connectivity index (χ4v) is 5.73. The van der Waals surface area contributed by atoms with Crippen LogP contribution in [0.4, 0.5) is 0 Å². The maximum absolute atomic E-state index is 11.4. The number of rotatable bonds is 12. The lowest BCUT2D eigenvalue weighted by Gasteiger charge is -2.34. The molecule has 0 atom stereocenters. The molecule has 216 valence electrons. The van der Waals surface area contributed by atoms with E-state index in [0.717, 1.165) is 0 Å². The molecule has 0 saturated carbocycles. The molecule has 16 nitrogen and oxygen atoms in total. The van der Waals surface area contributed by atoms with Crippen molar-refractivity contribution in [2.24, 2.45) is 0 Å².